The van der Waals surface area contributed by atoms with E-state index < -0.39 is 48.7 Å². The third kappa shape index (κ3) is 3.87. The lowest BCUT2D eigenvalue weighted by Gasteiger charge is -2.33. The predicted molar refractivity (Wildman–Crippen MR) is 58.2 cm³/mol. The Labute approximate surface area is 114 Å². The van der Waals surface area contributed by atoms with Crippen LogP contribution in [0.25, 0.3) is 0 Å². The van der Waals surface area contributed by atoms with Crippen LogP contribution in [0.2, 0.25) is 0 Å². The van der Waals surface area contributed by atoms with E-state index in [1.807, 2.05) is 0 Å². The summed E-state index contributed by atoms with van der Waals surface area (Å²) >= 11 is 0. The molecule has 5 N–H and O–H groups in total. The Hall–Kier alpha value is -1.76. The van der Waals surface area contributed by atoms with Crippen molar-refractivity contribution >= 4 is 5.82 Å². The van der Waals surface area contributed by atoms with E-state index in [2.05, 4.69) is 9.72 Å². The van der Waals surface area contributed by atoms with Gasteiger partial charge in [-0.05, 0) is 0 Å². The fraction of sp³-hybridized carbons (Fsp3) is 0.556. The molecule has 8 nitrogen and oxygen atoms in total. The van der Waals surface area contributed by atoms with E-state index in [0.29, 0.717) is 0 Å². The van der Waals surface area contributed by atoms with E-state index in [9.17, 15) is 32.6 Å². The summed E-state index contributed by atoms with van der Waals surface area (Å²) in [5.41, 5.74) is 0.423. The molecule has 0 radical (unpaired) electrons. The maximum absolute atomic E-state index is 13.3. The minimum absolute atomic E-state index is 0.0503. The molecular weight excluding hydrogens is 306 g/mol. The average Bonchev–Trinajstić information content (AvgIpc) is 2.38. The third-order valence-electron chi connectivity index (χ3n) is 2.48. The number of alkyl halides is 3. The molecule has 1 aromatic heterocycles. The van der Waals surface area contributed by atoms with Gasteiger partial charge in [-0.3, -0.25) is 9.30 Å². The van der Waals surface area contributed by atoms with E-state index >= 15 is 0 Å². The number of ether oxygens (including phenoxy) is 1. The Balaban J connectivity index is 3.31. The monoisotopic (exact) mass is 317 g/mol. The maximum atomic E-state index is 13.3. The normalized spacial score (nSPS) is 16.5. The van der Waals surface area contributed by atoms with Gasteiger partial charge in [0.15, 0.2) is 17.4 Å². The highest BCUT2D eigenvalue weighted by Crippen LogP contribution is 2.24. The smallest absolute Gasteiger partial charge is 0.393 e. The molecule has 21 heavy (non-hydrogen) atoms. The van der Waals surface area contributed by atoms with Gasteiger partial charge < -0.3 is 21.1 Å². The molecule has 2 unspecified atom stereocenters. The molecule has 12 heteroatoms. The van der Waals surface area contributed by atoms with Crippen LogP contribution in [0.5, 0.6) is 0 Å². The molecule has 0 aliphatic heterocycles. The van der Waals surface area contributed by atoms with Crippen molar-refractivity contribution in [2.75, 3.05) is 18.9 Å². The predicted octanol–water partition coefficient (Wildman–Crippen LogP) is -1.50. The van der Waals surface area contributed by atoms with Crippen LogP contribution in [0.3, 0.4) is 0 Å². The fourth-order valence-corrected chi connectivity index (χ4v) is 1.38. The van der Waals surface area contributed by atoms with Crippen LogP contribution in [0.1, 0.15) is 0 Å². The molecule has 0 aromatic carbocycles. The van der Waals surface area contributed by atoms with Crippen molar-refractivity contribution in [3.63, 3.8) is 0 Å². The molecule has 1 rings (SSSR count). The van der Waals surface area contributed by atoms with Crippen LogP contribution in [-0.4, -0.2) is 50.6 Å². The zero-order chi connectivity index (χ0) is 16.4. The maximum Gasteiger partial charge on any atom is 0.522 e. The quantitative estimate of drug-likeness (QED) is 0.486. The summed E-state index contributed by atoms with van der Waals surface area (Å²) in [6.45, 7) is -2.93. The van der Waals surface area contributed by atoms with Gasteiger partial charge in [0.2, 0.25) is 0 Å². The molecule has 1 aromatic rings. The summed E-state index contributed by atoms with van der Waals surface area (Å²) in [5, 5.41) is 28.2. The summed E-state index contributed by atoms with van der Waals surface area (Å²) in [4.78, 5) is 14.4. The Morgan fingerprint density at radius 2 is 2.05 bits per heavy atom. The molecule has 0 bridgehead atoms. The summed E-state index contributed by atoms with van der Waals surface area (Å²) < 4.78 is 52.7. The molecule has 2 atom stereocenters. The molecule has 0 aliphatic carbocycles. The van der Waals surface area contributed by atoms with Crippen molar-refractivity contribution in [2.45, 2.75) is 18.2 Å². The number of aliphatic hydroxyl groups excluding tert-OH is 2. The van der Waals surface area contributed by atoms with Gasteiger partial charge in [0.25, 0.3) is 0 Å². The van der Waals surface area contributed by atoms with Crippen LogP contribution >= 0.6 is 0 Å². The molecular formula is C9H11F4N3O5. The standard InChI is InChI=1S/C9H11F4N3O5/c10-4-1-16(7(19)15-6(4)14)8(20,5(18)2-17)3-21-9(11,12)13/h1,5,17-18,20H,2-3H2,(H2,14,15,19). The zero-order valence-corrected chi connectivity index (χ0v) is 10.2. The molecule has 1 heterocycles. The first-order chi connectivity index (χ1) is 9.51. The second-order valence-electron chi connectivity index (χ2n) is 3.94. The van der Waals surface area contributed by atoms with Crippen LogP contribution in [0.4, 0.5) is 23.4 Å². The molecule has 120 valence electrons. The van der Waals surface area contributed by atoms with E-state index in [1.54, 1.807) is 0 Å². The number of anilines is 1. The first kappa shape index (κ1) is 17.3. The van der Waals surface area contributed by atoms with Crippen molar-refractivity contribution in [3.8, 4) is 0 Å². The molecule has 0 saturated heterocycles. The van der Waals surface area contributed by atoms with Crippen LogP contribution in [-0.2, 0) is 10.5 Å². The Bertz CT molecular complexity index is 563. The summed E-state index contributed by atoms with van der Waals surface area (Å²) in [6, 6.07) is 0. The first-order valence-electron chi connectivity index (χ1n) is 5.28. The van der Waals surface area contributed by atoms with Crippen molar-refractivity contribution in [1.29, 1.82) is 0 Å². The van der Waals surface area contributed by atoms with Crippen molar-refractivity contribution < 1.29 is 37.6 Å². The molecule has 0 saturated carbocycles. The SMILES string of the molecule is Nc1nc(=O)n(C(O)(COC(F)(F)F)C(O)CO)cc1F. The minimum atomic E-state index is -5.20. The summed E-state index contributed by atoms with van der Waals surface area (Å²) in [6.07, 6.45) is -7.25. The number of nitrogen functional groups attached to an aromatic ring is 1. The number of aliphatic hydroxyl groups is 3. The summed E-state index contributed by atoms with van der Waals surface area (Å²) in [5.74, 6) is -2.18. The van der Waals surface area contributed by atoms with E-state index in [0.717, 1.165) is 0 Å². The lowest BCUT2D eigenvalue weighted by atomic mass is 10.1. The van der Waals surface area contributed by atoms with Gasteiger partial charge >= 0.3 is 12.1 Å². The number of rotatable bonds is 5. The fourth-order valence-electron chi connectivity index (χ4n) is 1.38. The number of nitrogens with two attached hydrogens (primary N) is 1. The highest BCUT2D eigenvalue weighted by Gasteiger charge is 2.43. The largest absolute Gasteiger partial charge is 0.522 e. The van der Waals surface area contributed by atoms with Crippen LogP contribution in [0.15, 0.2) is 11.0 Å². The van der Waals surface area contributed by atoms with Crippen molar-refractivity contribution in [2.24, 2.45) is 0 Å². The van der Waals surface area contributed by atoms with Gasteiger partial charge in [-0.1, -0.05) is 0 Å². The Morgan fingerprint density at radius 1 is 1.48 bits per heavy atom. The Kier molecular flexibility index (Phi) is 4.88. The number of hydrogen-bond donors (Lipinski definition) is 4. The number of aromatic nitrogens is 2. The number of nitrogens with zero attached hydrogens (tertiary/aromatic N) is 2. The van der Waals surface area contributed by atoms with Crippen molar-refractivity contribution in [3.05, 3.63) is 22.5 Å². The lowest BCUT2D eigenvalue weighted by Crippen LogP contribution is -2.55. The third-order valence-corrected chi connectivity index (χ3v) is 2.48. The van der Waals surface area contributed by atoms with Gasteiger partial charge in [-0.15, -0.1) is 13.2 Å². The van der Waals surface area contributed by atoms with E-state index in [1.165, 1.54) is 0 Å². The highest BCUT2D eigenvalue weighted by atomic mass is 19.4. The molecule has 0 aliphatic rings. The average molecular weight is 317 g/mol. The van der Waals surface area contributed by atoms with Gasteiger partial charge in [-0.25, -0.2) is 9.18 Å². The Morgan fingerprint density at radius 3 is 2.52 bits per heavy atom. The molecule has 0 amide bonds. The van der Waals surface area contributed by atoms with Crippen molar-refractivity contribution in [1.82, 2.24) is 9.55 Å². The first-order valence-corrected chi connectivity index (χ1v) is 5.28. The van der Waals surface area contributed by atoms with E-state index in [-0.39, 0.29) is 10.8 Å². The second kappa shape index (κ2) is 5.93. The van der Waals surface area contributed by atoms with Gasteiger partial charge in [-0.2, -0.15) is 4.98 Å². The lowest BCUT2D eigenvalue weighted by molar-refractivity contribution is -0.350. The topological polar surface area (TPSA) is 131 Å². The van der Waals surface area contributed by atoms with E-state index in [4.69, 9.17) is 10.8 Å². The van der Waals surface area contributed by atoms with Gasteiger partial charge in [0, 0.05) is 0 Å². The highest BCUT2D eigenvalue weighted by molar-refractivity contribution is 5.26. The van der Waals surface area contributed by atoms with Gasteiger partial charge in [0.05, 0.1) is 12.8 Å². The molecule has 0 fully saturated rings. The number of hydrogen-bond acceptors (Lipinski definition) is 7. The zero-order valence-electron chi connectivity index (χ0n) is 10.2. The molecule has 0 spiro atoms. The van der Waals surface area contributed by atoms with Crippen LogP contribution in [0, 0.1) is 5.82 Å². The number of halogens is 4. The van der Waals surface area contributed by atoms with Gasteiger partial charge in [0.1, 0.15) is 12.7 Å². The van der Waals surface area contributed by atoms with Crippen LogP contribution < -0.4 is 11.4 Å². The summed E-state index contributed by atoms with van der Waals surface area (Å²) in [7, 11) is 0. The second-order valence-corrected chi connectivity index (χ2v) is 3.94. The minimum Gasteiger partial charge on any atom is -0.393 e.